The maximum absolute atomic E-state index is 13.7. The molecule has 0 aliphatic carbocycles. The lowest BCUT2D eigenvalue weighted by Gasteiger charge is -2.16. The van der Waals surface area contributed by atoms with Crippen molar-refractivity contribution in [3.05, 3.63) is 35.4 Å². The van der Waals surface area contributed by atoms with Crippen molar-refractivity contribution in [3.63, 3.8) is 0 Å². The van der Waals surface area contributed by atoms with Crippen LogP contribution in [0, 0.1) is 11.6 Å². The average Bonchev–Trinajstić information content (AvgIpc) is 2.56. The van der Waals surface area contributed by atoms with Gasteiger partial charge in [0.05, 0.1) is 0 Å². The van der Waals surface area contributed by atoms with E-state index in [0.717, 1.165) is 6.07 Å². The molecule has 1 aromatic rings. The van der Waals surface area contributed by atoms with E-state index in [0.29, 0.717) is 6.42 Å². The van der Waals surface area contributed by atoms with Crippen molar-refractivity contribution in [1.82, 2.24) is 10.6 Å². The van der Waals surface area contributed by atoms with Gasteiger partial charge in [-0.25, -0.2) is 8.78 Å². The van der Waals surface area contributed by atoms with Gasteiger partial charge in [0, 0.05) is 12.5 Å². The molecule has 2 rings (SSSR count). The molecular formula is C13H13F2N2O3-. The average molecular weight is 283 g/mol. The van der Waals surface area contributed by atoms with E-state index < -0.39 is 35.6 Å². The molecule has 1 aromatic carbocycles. The Balaban J connectivity index is 2.14. The fourth-order valence-corrected chi connectivity index (χ4v) is 2.33. The van der Waals surface area contributed by atoms with E-state index in [-0.39, 0.29) is 18.5 Å². The van der Waals surface area contributed by atoms with Crippen molar-refractivity contribution in [2.75, 3.05) is 6.54 Å². The molecule has 0 aromatic heterocycles. The van der Waals surface area contributed by atoms with E-state index in [9.17, 15) is 23.5 Å². The molecule has 5 nitrogen and oxygen atoms in total. The Kier molecular flexibility index (Phi) is 4.16. The van der Waals surface area contributed by atoms with Crippen molar-refractivity contribution in [2.24, 2.45) is 0 Å². The molecule has 0 radical (unpaired) electrons. The number of carbonyl (C=O) groups is 2. The molecule has 1 aliphatic rings. The summed E-state index contributed by atoms with van der Waals surface area (Å²) in [5.41, 5.74) is 0.180. The summed E-state index contributed by atoms with van der Waals surface area (Å²) < 4.78 is 26.9. The first-order valence-corrected chi connectivity index (χ1v) is 6.18. The van der Waals surface area contributed by atoms with Crippen molar-refractivity contribution in [2.45, 2.75) is 24.8 Å². The van der Waals surface area contributed by atoms with Gasteiger partial charge in [-0.05, 0) is 24.5 Å². The van der Waals surface area contributed by atoms with Crippen molar-refractivity contribution >= 4 is 12.0 Å². The highest BCUT2D eigenvalue weighted by Gasteiger charge is 2.27. The smallest absolute Gasteiger partial charge is 0.242 e. The predicted octanol–water partition coefficient (Wildman–Crippen LogP) is 0.260. The van der Waals surface area contributed by atoms with Gasteiger partial charge in [-0.3, -0.25) is 4.79 Å². The topological polar surface area (TPSA) is 81.3 Å². The van der Waals surface area contributed by atoms with Crippen molar-refractivity contribution in [1.29, 1.82) is 0 Å². The van der Waals surface area contributed by atoms with Gasteiger partial charge in [-0.15, -0.1) is 0 Å². The lowest BCUT2D eigenvalue weighted by Crippen LogP contribution is -2.50. The maximum Gasteiger partial charge on any atom is 0.242 e. The summed E-state index contributed by atoms with van der Waals surface area (Å²) in [5, 5.41) is 15.0. The molecule has 1 saturated heterocycles. The van der Waals surface area contributed by atoms with E-state index in [1.165, 1.54) is 12.1 Å². The zero-order valence-electron chi connectivity index (χ0n) is 10.5. The van der Waals surface area contributed by atoms with Crippen LogP contribution in [0.3, 0.4) is 0 Å². The summed E-state index contributed by atoms with van der Waals surface area (Å²) >= 11 is 0. The van der Waals surface area contributed by atoms with Crippen LogP contribution in [0.1, 0.15) is 24.3 Å². The van der Waals surface area contributed by atoms with Crippen LogP contribution >= 0.6 is 0 Å². The number of carbonyl (C=O) groups excluding carboxylic acids is 2. The Morgan fingerprint density at radius 2 is 2.10 bits per heavy atom. The normalized spacial score (nSPS) is 22.8. The summed E-state index contributed by atoms with van der Waals surface area (Å²) in [6.07, 6.45) is -0.995. The molecule has 7 heteroatoms. The Morgan fingerprint density at radius 1 is 1.35 bits per heavy atom. The fourth-order valence-electron chi connectivity index (χ4n) is 2.33. The first-order valence-electron chi connectivity index (χ1n) is 6.18. The second-order valence-electron chi connectivity index (χ2n) is 4.65. The Morgan fingerprint density at radius 3 is 2.80 bits per heavy atom. The lowest BCUT2D eigenvalue weighted by molar-refractivity contribution is -0.251. The number of benzene rings is 1. The van der Waals surface area contributed by atoms with Gasteiger partial charge >= 0.3 is 0 Å². The minimum atomic E-state index is -1.54. The molecule has 0 bridgehead atoms. The van der Waals surface area contributed by atoms with E-state index in [2.05, 4.69) is 5.32 Å². The number of rotatable bonds is 2. The molecule has 1 aliphatic heterocycles. The van der Waals surface area contributed by atoms with Crippen molar-refractivity contribution < 1.29 is 23.5 Å². The van der Waals surface area contributed by atoms with Crippen LogP contribution in [0.25, 0.3) is 0 Å². The van der Waals surface area contributed by atoms with Gasteiger partial charge in [-0.1, -0.05) is 12.1 Å². The van der Waals surface area contributed by atoms with Crippen LogP contribution < -0.4 is 15.7 Å². The van der Waals surface area contributed by atoms with Crippen LogP contribution in [-0.4, -0.2) is 24.6 Å². The van der Waals surface area contributed by atoms with E-state index in [4.69, 9.17) is 0 Å². The number of carboxylic acid groups (broad SMARTS) is 1. The molecule has 2 N–H and O–H groups in total. The maximum atomic E-state index is 13.7. The quantitative estimate of drug-likeness (QED) is 0.817. The molecule has 108 valence electrons. The molecule has 0 unspecified atom stereocenters. The van der Waals surface area contributed by atoms with E-state index in [1.54, 1.807) is 0 Å². The number of hydrogen-bond acceptors (Lipinski definition) is 3. The zero-order valence-corrected chi connectivity index (χ0v) is 10.5. The molecule has 0 saturated carbocycles. The van der Waals surface area contributed by atoms with Gasteiger partial charge < -0.3 is 20.5 Å². The summed E-state index contributed by atoms with van der Waals surface area (Å²) in [7, 11) is 0. The van der Waals surface area contributed by atoms with Gasteiger partial charge in [-0.2, -0.15) is 0 Å². The minimum absolute atomic E-state index is 0.129. The SMILES string of the molecule is O=C([O-])N[C@@H]1CC[C@@H](c2cccc(F)c2F)CNC1=O. The number of hydrogen-bond donors (Lipinski definition) is 2. The Bertz CT molecular complexity index is 536. The molecule has 0 spiro atoms. The standard InChI is InChI=1S/C13H14F2N2O3/c14-9-3-1-2-8(11(9)15)7-4-5-10(17-13(19)20)12(18)16-6-7/h1-3,7,10,17H,4-6H2,(H,16,18)(H,19,20)/p-1/t7-,10-/m1/s1. The third-order valence-electron chi connectivity index (χ3n) is 3.36. The van der Waals surface area contributed by atoms with Crippen molar-refractivity contribution in [3.8, 4) is 0 Å². The highest BCUT2D eigenvalue weighted by molar-refractivity contribution is 5.85. The lowest BCUT2D eigenvalue weighted by atomic mass is 9.93. The van der Waals surface area contributed by atoms with Gasteiger partial charge in [0.25, 0.3) is 0 Å². The summed E-state index contributed by atoms with van der Waals surface area (Å²) in [6, 6.07) is 2.95. The summed E-state index contributed by atoms with van der Waals surface area (Å²) in [4.78, 5) is 22.1. The highest BCUT2D eigenvalue weighted by Crippen LogP contribution is 2.27. The number of amides is 2. The van der Waals surface area contributed by atoms with Crippen LogP contribution in [0.2, 0.25) is 0 Å². The summed E-state index contributed by atoms with van der Waals surface area (Å²) in [6.45, 7) is 0.129. The first kappa shape index (κ1) is 14.2. The second-order valence-corrected chi connectivity index (χ2v) is 4.65. The van der Waals surface area contributed by atoms with Crippen LogP contribution in [0.4, 0.5) is 13.6 Å². The summed E-state index contributed by atoms with van der Waals surface area (Å²) in [5.74, 6) is -2.77. The first-order chi connectivity index (χ1) is 9.49. The zero-order chi connectivity index (χ0) is 14.7. The van der Waals surface area contributed by atoms with E-state index >= 15 is 0 Å². The monoisotopic (exact) mass is 283 g/mol. The third-order valence-corrected chi connectivity index (χ3v) is 3.36. The molecule has 2 amide bonds. The van der Waals surface area contributed by atoms with E-state index in [1.807, 2.05) is 5.32 Å². The highest BCUT2D eigenvalue weighted by atomic mass is 19.2. The largest absolute Gasteiger partial charge is 0.530 e. The number of halogens is 2. The van der Waals surface area contributed by atoms with Crippen LogP contribution in [-0.2, 0) is 4.79 Å². The second kappa shape index (κ2) is 5.85. The molecule has 2 atom stereocenters. The minimum Gasteiger partial charge on any atom is -0.530 e. The Hall–Kier alpha value is -2.18. The number of nitrogens with one attached hydrogen (secondary N) is 2. The fraction of sp³-hybridized carbons (Fsp3) is 0.385. The van der Waals surface area contributed by atoms with Gasteiger partial charge in [0.1, 0.15) is 12.1 Å². The van der Waals surface area contributed by atoms with Gasteiger partial charge in [0.15, 0.2) is 11.6 Å². The molecule has 1 fully saturated rings. The molecule has 1 heterocycles. The third kappa shape index (κ3) is 3.04. The molecule has 20 heavy (non-hydrogen) atoms. The predicted molar refractivity (Wildman–Crippen MR) is 63.7 cm³/mol. The Labute approximate surface area is 114 Å². The van der Waals surface area contributed by atoms with Crippen LogP contribution in [0.5, 0.6) is 0 Å². The van der Waals surface area contributed by atoms with Crippen LogP contribution in [0.15, 0.2) is 18.2 Å². The molecular weight excluding hydrogens is 270 g/mol. The van der Waals surface area contributed by atoms with Gasteiger partial charge in [0.2, 0.25) is 5.91 Å².